The lowest BCUT2D eigenvalue weighted by Gasteiger charge is -2.59. The van der Waals surface area contributed by atoms with Gasteiger partial charge in [0.15, 0.2) is 5.79 Å². The van der Waals surface area contributed by atoms with Crippen molar-refractivity contribution in [3.63, 3.8) is 0 Å². The molecule has 2 saturated heterocycles. The van der Waals surface area contributed by atoms with Crippen LogP contribution in [0.3, 0.4) is 0 Å². The number of furan rings is 1. The smallest absolute Gasteiger partial charge is 0.313 e. The van der Waals surface area contributed by atoms with Crippen molar-refractivity contribution in [3.8, 4) is 0 Å². The molecule has 0 amide bonds. The highest BCUT2D eigenvalue weighted by Gasteiger charge is 2.75. The van der Waals surface area contributed by atoms with Gasteiger partial charge in [-0.25, -0.2) is 0 Å². The third kappa shape index (κ3) is 1.98. The molecule has 2 aliphatic carbocycles. The van der Waals surface area contributed by atoms with Gasteiger partial charge in [0.1, 0.15) is 6.10 Å². The van der Waals surface area contributed by atoms with Crippen molar-refractivity contribution in [3.05, 3.63) is 24.2 Å². The lowest BCUT2D eigenvalue weighted by Crippen LogP contribution is -2.65. The van der Waals surface area contributed by atoms with Crippen molar-refractivity contribution in [2.24, 2.45) is 28.6 Å². The van der Waals surface area contributed by atoms with Crippen molar-refractivity contribution < 1.29 is 34.0 Å². The Morgan fingerprint density at radius 3 is 2.89 bits per heavy atom. The van der Waals surface area contributed by atoms with Gasteiger partial charge >= 0.3 is 5.97 Å². The zero-order valence-electron chi connectivity index (χ0n) is 15.3. The Morgan fingerprint density at radius 2 is 2.19 bits per heavy atom. The molecule has 3 N–H and O–H groups in total. The van der Waals surface area contributed by atoms with Gasteiger partial charge in [0.25, 0.3) is 0 Å². The lowest BCUT2D eigenvalue weighted by atomic mass is 9.43. The first kappa shape index (κ1) is 17.7. The van der Waals surface area contributed by atoms with Gasteiger partial charge in [0.05, 0.1) is 37.3 Å². The minimum absolute atomic E-state index is 0.0707. The van der Waals surface area contributed by atoms with E-state index in [2.05, 4.69) is 0 Å². The molecular weight excluding hydrogens is 352 g/mol. The van der Waals surface area contributed by atoms with E-state index in [0.29, 0.717) is 25.7 Å². The van der Waals surface area contributed by atoms with Crippen LogP contribution in [0.25, 0.3) is 0 Å². The third-order valence-corrected chi connectivity index (χ3v) is 8.15. The van der Waals surface area contributed by atoms with Crippen LogP contribution in [0.5, 0.6) is 0 Å². The first-order chi connectivity index (χ1) is 12.9. The van der Waals surface area contributed by atoms with Crippen LogP contribution in [0.2, 0.25) is 0 Å². The molecule has 2 spiro atoms. The summed E-state index contributed by atoms with van der Waals surface area (Å²) < 4.78 is 16.7. The highest BCUT2D eigenvalue weighted by atomic mass is 16.6. The maximum absolute atomic E-state index is 13.3. The minimum atomic E-state index is -1.43. The molecule has 0 unspecified atom stereocenters. The molecule has 4 fully saturated rings. The summed E-state index contributed by atoms with van der Waals surface area (Å²) in [5.74, 6) is -2.57. The molecule has 2 saturated carbocycles. The summed E-state index contributed by atoms with van der Waals surface area (Å²) in [6, 6.07) is 1.81. The number of carbonyl (C=O) groups excluding carboxylic acids is 1. The molecule has 1 aromatic heterocycles. The van der Waals surface area contributed by atoms with E-state index < -0.39 is 28.6 Å². The fourth-order valence-electron chi connectivity index (χ4n) is 6.80. The van der Waals surface area contributed by atoms with Crippen LogP contribution in [-0.2, 0) is 14.3 Å². The Bertz CT molecular complexity index is 748. The van der Waals surface area contributed by atoms with E-state index in [9.17, 15) is 20.1 Å². The predicted octanol–water partition coefficient (Wildman–Crippen LogP) is 1.38. The Morgan fingerprint density at radius 1 is 1.37 bits per heavy atom. The van der Waals surface area contributed by atoms with E-state index in [1.54, 1.807) is 12.5 Å². The first-order valence-corrected chi connectivity index (χ1v) is 9.77. The molecule has 0 aromatic carbocycles. The first-order valence-electron chi connectivity index (χ1n) is 9.77. The molecule has 0 radical (unpaired) electrons. The number of esters is 1. The van der Waals surface area contributed by atoms with Crippen LogP contribution < -0.4 is 0 Å². The van der Waals surface area contributed by atoms with Gasteiger partial charge in [-0.1, -0.05) is 6.92 Å². The van der Waals surface area contributed by atoms with Gasteiger partial charge in [-0.3, -0.25) is 4.79 Å². The molecule has 8 atom stereocenters. The second-order valence-electron chi connectivity index (χ2n) is 8.92. The van der Waals surface area contributed by atoms with Crippen molar-refractivity contribution in [2.45, 2.75) is 50.6 Å². The quantitative estimate of drug-likeness (QED) is 0.667. The van der Waals surface area contributed by atoms with E-state index in [4.69, 9.17) is 13.9 Å². The lowest BCUT2D eigenvalue weighted by molar-refractivity contribution is -0.243. The highest BCUT2D eigenvalue weighted by Crippen LogP contribution is 2.70. The molecule has 4 aliphatic rings. The number of hydrogen-bond donors (Lipinski definition) is 3. The molecule has 27 heavy (non-hydrogen) atoms. The SMILES string of the molecule is C[C@@H]1C[C@H](O)[C@]23CO[C@](O)(CC[C@@H]2[C@@]12C[C@@H](c1ccoc1)OC2=O)[C@@H]3CO. The van der Waals surface area contributed by atoms with Gasteiger partial charge in [-0.2, -0.15) is 0 Å². The van der Waals surface area contributed by atoms with Crippen LogP contribution in [0.1, 0.15) is 44.3 Å². The monoisotopic (exact) mass is 378 g/mol. The normalized spacial score (nSPS) is 51.4. The van der Waals surface area contributed by atoms with Gasteiger partial charge in [0.2, 0.25) is 0 Å². The molecule has 2 aliphatic heterocycles. The number of fused-ring (bicyclic) bond motifs is 2. The van der Waals surface area contributed by atoms with Crippen LogP contribution >= 0.6 is 0 Å². The summed E-state index contributed by atoms with van der Waals surface area (Å²) in [5, 5.41) is 32.0. The molecule has 148 valence electrons. The summed E-state index contributed by atoms with van der Waals surface area (Å²) in [6.07, 6.45) is 3.89. The zero-order chi connectivity index (χ0) is 19.0. The van der Waals surface area contributed by atoms with Crippen molar-refractivity contribution in [1.29, 1.82) is 0 Å². The summed E-state index contributed by atoms with van der Waals surface area (Å²) in [7, 11) is 0. The molecule has 2 bridgehead atoms. The molecule has 7 heteroatoms. The van der Waals surface area contributed by atoms with E-state index >= 15 is 0 Å². The molecule has 3 heterocycles. The summed E-state index contributed by atoms with van der Waals surface area (Å²) in [5.41, 5.74) is -0.761. The Hall–Kier alpha value is -1.41. The van der Waals surface area contributed by atoms with Crippen molar-refractivity contribution in [1.82, 2.24) is 0 Å². The van der Waals surface area contributed by atoms with Gasteiger partial charge in [-0.05, 0) is 30.7 Å². The maximum Gasteiger partial charge on any atom is 0.313 e. The molecule has 5 rings (SSSR count). The summed E-state index contributed by atoms with van der Waals surface area (Å²) in [4.78, 5) is 13.3. The number of aliphatic hydroxyl groups excluding tert-OH is 2. The van der Waals surface area contributed by atoms with Gasteiger partial charge in [0, 0.05) is 29.7 Å². The van der Waals surface area contributed by atoms with Gasteiger partial charge in [-0.15, -0.1) is 0 Å². The minimum Gasteiger partial charge on any atom is -0.472 e. The summed E-state index contributed by atoms with van der Waals surface area (Å²) >= 11 is 0. The van der Waals surface area contributed by atoms with Crippen molar-refractivity contribution >= 4 is 5.97 Å². The number of cyclic esters (lactones) is 1. The average molecular weight is 378 g/mol. The fourth-order valence-corrected chi connectivity index (χ4v) is 6.80. The maximum atomic E-state index is 13.3. The van der Waals surface area contributed by atoms with E-state index in [1.807, 2.05) is 13.0 Å². The molecule has 7 nitrogen and oxygen atoms in total. The number of carbonyl (C=O) groups is 1. The Kier molecular flexibility index (Phi) is 3.64. The molecular formula is C20H26O7. The van der Waals surface area contributed by atoms with Crippen LogP contribution in [0.15, 0.2) is 23.0 Å². The summed E-state index contributed by atoms with van der Waals surface area (Å²) in [6.45, 7) is 1.87. The average Bonchev–Trinajstić information content (AvgIpc) is 3.31. The Labute approximate surface area is 157 Å². The number of rotatable bonds is 2. The standard InChI is InChI=1S/C20H26O7/c1-11-6-16(22)19-10-26-20(24,15(19)8-21)4-2-14(19)18(11)7-13(27-17(18)23)12-3-5-25-9-12/h3,5,9,11,13-16,21-22,24H,2,4,6-8,10H2,1H3/t11-,13+,14-,15-,16+,18-,19-,20-/m1/s1. The van der Waals surface area contributed by atoms with E-state index in [0.717, 1.165) is 5.56 Å². The largest absolute Gasteiger partial charge is 0.472 e. The van der Waals surface area contributed by atoms with E-state index in [-0.39, 0.29) is 37.1 Å². The Balaban J connectivity index is 1.60. The second kappa shape index (κ2) is 5.56. The second-order valence-corrected chi connectivity index (χ2v) is 8.92. The highest BCUT2D eigenvalue weighted by molar-refractivity contribution is 5.80. The predicted molar refractivity (Wildman–Crippen MR) is 91.0 cm³/mol. The van der Waals surface area contributed by atoms with Crippen LogP contribution in [0, 0.1) is 28.6 Å². The molecule has 1 aromatic rings. The number of hydrogen-bond acceptors (Lipinski definition) is 7. The number of aliphatic hydroxyl groups is 3. The zero-order valence-corrected chi connectivity index (χ0v) is 15.3. The van der Waals surface area contributed by atoms with Crippen LogP contribution in [0.4, 0.5) is 0 Å². The van der Waals surface area contributed by atoms with Gasteiger partial charge < -0.3 is 29.2 Å². The fraction of sp³-hybridized carbons (Fsp3) is 0.750. The van der Waals surface area contributed by atoms with Crippen LogP contribution in [-0.4, -0.2) is 46.4 Å². The topological polar surface area (TPSA) is 109 Å². The van der Waals surface area contributed by atoms with E-state index in [1.165, 1.54) is 0 Å². The number of ether oxygens (including phenoxy) is 2. The van der Waals surface area contributed by atoms with Crippen molar-refractivity contribution in [2.75, 3.05) is 13.2 Å². The third-order valence-electron chi connectivity index (χ3n) is 8.15.